The van der Waals surface area contributed by atoms with E-state index in [1.165, 1.54) is 31.4 Å². The molecule has 0 amide bonds. The summed E-state index contributed by atoms with van der Waals surface area (Å²) in [5.74, 6) is -1.64. The van der Waals surface area contributed by atoms with Crippen molar-refractivity contribution in [2.24, 2.45) is 5.41 Å². The second kappa shape index (κ2) is 6.57. The van der Waals surface area contributed by atoms with E-state index in [4.69, 9.17) is 16.3 Å². The molecule has 6 nitrogen and oxygen atoms in total. The molecule has 2 aromatic carbocycles. The molecular formula is C18H17ClO6S. The second-order valence-corrected chi connectivity index (χ2v) is 8.68. The molecule has 0 bridgehead atoms. The number of carboxylic acids is 1. The van der Waals surface area contributed by atoms with E-state index in [1.807, 2.05) is 0 Å². The predicted molar refractivity (Wildman–Crippen MR) is 95.3 cm³/mol. The number of sulfone groups is 1. The van der Waals surface area contributed by atoms with Gasteiger partial charge >= 0.3 is 5.97 Å². The van der Waals surface area contributed by atoms with Gasteiger partial charge in [-0.2, -0.15) is 0 Å². The van der Waals surface area contributed by atoms with Crippen molar-refractivity contribution in [1.29, 1.82) is 0 Å². The number of rotatable bonds is 6. The van der Waals surface area contributed by atoms with Gasteiger partial charge in [-0.15, -0.1) is 0 Å². The van der Waals surface area contributed by atoms with Gasteiger partial charge < -0.3 is 14.9 Å². The summed E-state index contributed by atoms with van der Waals surface area (Å²) in [5.41, 5.74) is -1.27. The van der Waals surface area contributed by atoms with Crippen LogP contribution in [0, 0.1) is 5.41 Å². The minimum absolute atomic E-state index is 0.0259. The molecule has 0 heterocycles. The average molecular weight is 397 g/mol. The lowest BCUT2D eigenvalue weighted by atomic mass is 10.00. The molecule has 3 rings (SSSR count). The van der Waals surface area contributed by atoms with Gasteiger partial charge in [0.25, 0.3) is 0 Å². The van der Waals surface area contributed by atoms with E-state index in [-0.39, 0.29) is 4.90 Å². The zero-order valence-electron chi connectivity index (χ0n) is 13.8. The van der Waals surface area contributed by atoms with Gasteiger partial charge in [0.1, 0.15) is 11.2 Å². The third-order valence-corrected chi connectivity index (χ3v) is 7.41. The molecule has 3 atom stereocenters. The van der Waals surface area contributed by atoms with Gasteiger partial charge in [-0.1, -0.05) is 23.7 Å². The fourth-order valence-electron chi connectivity index (χ4n) is 3.43. The van der Waals surface area contributed by atoms with E-state index in [2.05, 4.69) is 0 Å². The number of carbonyl (C=O) groups is 1. The van der Waals surface area contributed by atoms with E-state index in [0.29, 0.717) is 16.3 Å². The smallest absolute Gasteiger partial charge is 0.314 e. The number of aliphatic hydroxyl groups excluding tert-OH is 1. The van der Waals surface area contributed by atoms with Crippen LogP contribution in [0.15, 0.2) is 53.4 Å². The van der Waals surface area contributed by atoms with Crippen molar-refractivity contribution < 1.29 is 28.2 Å². The molecule has 1 fully saturated rings. The van der Waals surface area contributed by atoms with Crippen LogP contribution in [0.4, 0.5) is 0 Å². The van der Waals surface area contributed by atoms with Crippen molar-refractivity contribution in [1.82, 2.24) is 0 Å². The third kappa shape index (κ3) is 2.76. The number of benzene rings is 2. The number of halogens is 1. The quantitative estimate of drug-likeness (QED) is 0.777. The summed E-state index contributed by atoms with van der Waals surface area (Å²) in [6.07, 6.45) is 0. The maximum absolute atomic E-state index is 13.0. The molecule has 0 unspecified atom stereocenters. The van der Waals surface area contributed by atoms with Crippen molar-refractivity contribution >= 4 is 27.4 Å². The zero-order valence-corrected chi connectivity index (χ0v) is 15.4. The Kier molecular flexibility index (Phi) is 4.72. The van der Waals surface area contributed by atoms with Crippen LogP contribution in [0.25, 0.3) is 0 Å². The molecule has 1 aliphatic rings. The SMILES string of the molecule is COc1ccc([C@@H]2[C@@H](S(=O)(=O)c3ccc(Cl)cc3)[C@@]2(CO)C(=O)O)cc1. The van der Waals surface area contributed by atoms with Gasteiger partial charge in [-0.3, -0.25) is 4.79 Å². The third-order valence-electron chi connectivity index (χ3n) is 4.87. The van der Waals surface area contributed by atoms with Crippen LogP contribution in [0.1, 0.15) is 11.5 Å². The van der Waals surface area contributed by atoms with Crippen molar-refractivity contribution in [2.75, 3.05) is 13.7 Å². The maximum atomic E-state index is 13.0. The number of carboxylic acid groups (broad SMARTS) is 1. The molecule has 0 aromatic heterocycles. The fourth-order valence-corrected chi connectivity index (χ4v) is 5.92. The van der Waals surface area contributed by atoms with Crippen LogP contribution >= 0.6 is 11.6 Å². The summed E-state index contributed by atoms with van der Waals surface area (Å²) in [4.78, 5) is 11.9. The first-order valence-corrected chi connectivity index (χ1v) is 9.69. The largest absolute Gasteiger partial charge is 0.497 e. The highest BCUT2D eigenvalue weighted by molar-refractivity contribution is 7.92. The Balaban J connectivity index is 2.08. The Morgan fingerprint density at radius 3 is 2.19 bits per heavy atom. The number of hydrogen-bond acceptors (Lipinski definition) is 5. The molecule has 0 spiro atoms. The van der Waals surface area contributed by atoms with Crippen LogP contribution in [-0.2, 0) is 14.6 Å². The first-order valence-electron chi connectivity index (χ1n) is 7.76. The number of ether oxygens (including phenoxy) is 1. The first kappa shape index (κ1) is 18.7. The molecule has 1 saturated carbocycles. The molecule has 0 aliphatic heterocycles. The van der Waals surface area contributed by atoms with Gasteiger partial charge in [-0.25, -0.2) is 8.42 Å². The molecule has 2 N–H and O–H groups in total. The fraction of sp³-hybridized carbons (Fsp3) is 0.278. The van der Waals surface area contributed by atoms with E-state index in [0.717, 1.165) is 0 Å². The summed E-state index contributed by atoms with van der Waals surface area (Å²) in [5, 5.41) is 18.6. The molecule has 1 aliphatic carbocycles. The molecule has 8 heteroatoms. The van der Waals surface area contributed by atoms with Gasteiger partial charge in [-0.05, 0) is 42.0 Å². The lowest BCUT2D eigenvalue weighted by molar-refractivity contribution is -0.145. The normalized spacial score (nSPS) is 24.9. The summed E-state index contributed by atoms with van der Waals surface area (Å²) in [6, 6.07) is 12.0. The van der Waals surface area contributed by atoms with Crippen LogP contribution in [0.5, 0.6) is 5.75 Å². The molecule has 0 saturated heterocycles. The Morgan fingerprint density at radius 2 is 1.73 bits per heavy atom. The molecule has 26 heavy (non-hydrogen) atoms. The van der Waals surface area contributed by atoms with Gasteiger partial charge in [0.2, 0.25) is 0 Å². The number of hydrogen-bond donors (Lipinski definition) is 2. The van der Waals surface area contributed by atoms with E-state index in [9.17, 15) is 23.4 Å². The average Bonchev–Trinajstić information content (AvgIpc) is 3.34. The van der Waals surface area contributed by atoms with Crippen molar-refractivity contribution in [2.45, 2.75) is 16.1 Å². The highest BCUT2D eigenvalue weighted by Crippen LogP contribution is 2.64. The Morgan fingerprint density at radius 1 is 1.15 bits per heavy atom. The van der Waals surface area contributed by atoms with Crippen LogP contribution < -0.4 is 4.74 Å². The summed E-state index contributed by atoms with van der Waals surface area (Å²) < 4.78 is 31.2. The Hall–Kier alpha value is -2.09. The van der Waals surface area contributed by atoms with Crippen LogP contribution in [0.3, 0.4) is 0 Å². The molecule has 2 aromatic rings. The molecule has 0 radical (unpaired) electrons. The zero-order chi connectivity index (χ0) is 19.1. The first-order chi connectivity index (χ1) is 12.3. The summed E-state index contributed by atoms with van der Waals surface area (Å²) >= 11 is 5.80. The molecule has 138 valence electrons. The number of methoxy groups -OCH3 is 1. The van der Waals surface area contributed by atoms with Gasteiger partial charge in [0.05, 0.1) is 23.9 Å². The van der Waals surface area contributed by atoms with Crippen LogP contribution in [-0.4, -0.2) is 43.6 Å². The summed E-state index contributed by atoms with van der Waals surface area (Å²) in [6.45, 7) is -0.781. The number of aliphatic carboxylic acids is 1. The van der Waals surface area contributed by atoms with Crippen molar-refractivity contribution in [3.63, 3.8) is 0 Å². The Labute approximate surface area is 155 Å². The topological polar surface area (TPSA) is 101 Å². The highest BCUT2D eigenvalue weighted by atomic mass is 35.5. The molecular weight excluding hydrogens is 380 g/mol. The Bertz CT molecular complexity index is 923. The van der Waals surface area contributed by atoms with Crippen molar-refractivity contribution in [3.05, 3.63) is 59.1 Å². The van der Waals surface area contributed by atoms with Crippen molar-refractivity contribution in [3.8, 4) is 5.75 Å². The van der Waals surface area contributed by atoms with E-state index >= 15 is 0 Å². The minimum Gasteiger partial charge on any atom is -0.497 e. The van der Waals surface area contributed by atoms with Gasteiger partial charge in [0.15, 0.2) is 9.84 Å². The lowest BCUT2D eigenvalue weighted by Gasteiger charge is -2.09. The lowest BCUT2D eigenvalue weighted by Crippen LogP contribution is -2.27. The maximum Gasteiger partial charge on any atom is 0.314 e. The number of aliphatic hydroxyl groups is 1. The van der Waals surface area contributed by atoms with E-state index < -0.39 is 39.0 Å². The second-order valence-electron chi connectivity index (χ2n) is 6.17. The summed E-state index contributed by atoms with van der Waals surface area (Å²) in [7, 11) is -2.50. The predicted octanol–water partition coefficient (Wildman–Crippen LogP) is 2.35. The van der Waals surface area contributed by atoms with Crippen LogP contribution in [0.2, 0.25) is 5.02 Å². The minimum atomic E-state index is -3.99. The van der Waals surface area contributed by atoms with Gasteiger partial charge in [0, 0.05) is 10.9 Å². The highest BCUT2D eigenvalue weighted by Gasteiger charge is 2.75. The monoisotopic (exact) mass is 396 g/mol. The standard InChI is InChI=1S/C18H17ClO6S/c1-25-13-6-2-11(3-7-13)15-16(18(15,10-20)17(21)22)26(23,24)14-8-4-12(19)5-9-14/h2-9,15-16,20H,10H2,1H3,(H,21,22)/t15-,16-,18+/m1/s1. The van der Waals surface area contributed by atoms with E-state index in [1.54, 1.807) is 24.3 Å².